The van der Waals surface area contributed by atoms with E-state index in [4.69, 9.17) is 4.74 Å². The first-order valence-corrected chi connectivity index (χ1v) is 14.1. The van der Waals surface area contributed by atoms with Gasteiger partial charge in [-0.05, 0) is 85.2 Å². The average Bonchev–Trinajstić information content (AvgIpc) is 2.82. The number of carbonyl (C=O) groups is 3. The summed E-state index contributed by atoms with van der Waals surface area (Å²) >= 11 is 0. The summed E-state index contributed by atoms with van der Waals surface area (Å²) in [5.74, 6) is -0.683. The number of fused-ring (bicyclic) bond motifs is 6. The number of carbonyl (C=O) groups excluding carboxylic acids is 3. The van der Waals surface area contributed by atoms with Crippen LogP contribution in [0.4, 0.5) is 0 Å². The third-order valence-corrected chi connectivity index (χ3v) is 12.2. The molecule has 0 radical (unpaired) electrons. The predicted molar refractivity (Wildman–Crippen MR) is 141 cm³/mol. The van der Waals surface area contributed by atoms with Gasteiger partial charge in [-0.2, -0.15) is 5.26 Å². The Balaban J connectivity index is 1.75. The summed E-state index contributed by atoms with van der Waals surface area (Å²) in [5.41, 5.74) is 0.615. The minimum absolute atomic E-state index is 0.0146. The third-order valence-electron chi connectivity index (χ3n) is 12.2. The second kappa shape index (κ2) is 7.67. The predicted octanol–water partition coefficient (Wildman–Crippen LogP) is 6.52. The number of ether oxygens (including phenoxy) is 1. The standard InChI is InChI=1S/C32H43NO4/c1-27(2)11-13-32(26(36)37-8)14-12-31(7)24(20(32)17-27)21(34)15-23-29(5)16-19(18-33)25(35)28(3,4)22(29)9-10-30(23,31)6/h15,19,22H,9-14,16-17H2,1-8H3/t19?,22-,29-,30+,31+,32-/m0/s1. The Morgan fingerprint density at radius 2 is 1.62 bits per heavy atom. The molecule has 0 amide bonds. The van der Waals surface area contributed by atoms with E-state index < -0.39 is 27.6 Å². The molecular formula is C32H43NO4. The zero-order valence-electron chi connectivity index (χ0n) is 24.0. The molecule has 0 aromatic heterocycles. The van der Waals surface area contributed by atoms with E-state index in [0.717, 1.165) is 55.2 Å². The molecule has 3 fully saturated rings. The van der Waals surface area contributed by atoms with Crippen molar-refractivity contribution in [3.05, 3.63) is 22.8 Å². The van der Waals surface area contributed by atoms with Crippen molar-refractivity contribution in [2.24, 2.45) is 44.3 Å². The molecule has 3 saturated carbocycles. The molecule has 0 aromatic carbocycles. The van der Waals surface area contributed by atoms with Crippen molar-refractivity contribution in [2.75, 3.05) is 7.11 Å². The molecule has 5 heteroatoms. The molecule has 0 bridgehead atoms. The monoisotopic (exact) mass is 505 g/mol. The van der Waals surface area contributed by atoms with Crippen LogP contribution in [0.3, 0.4) is 0 Å². The maximum absolute atomic E-state index is 14.3. The lowest BCUT2D eigenvalue weighted by atomic mass is 9.36. The highest BCUT2D eigenvalue weighted by Crippen LogP contribution is 2.73. The Hall–Kier alpha value is -2.22. The van der Waals surface area contributed by atoms with E-state index in [-0.39, 0.29) is 34.3 Å². The lowest BCUT2D eigenvalue weighted by molar-refractivity contribution is -0.155. The van der Waals surface area contributed by atoms with Crippen molar-refractivity contribution in [3.63, 3.8) is 0 Å². The number of methoxy groups -OCH3 is 1. The summed E-state index contributed by atoms with van der Waals surface area (Å²) in [7, 11) is 1.47. The topological polar surface area (TPSA) is 84.2 Å². The van der Waals surface area contributed by atoms with Crippen molar-refractivity contribution < 1.29 is 19.1 Å². The molecule has 5 aliphatic carbocycles. The number of rotatable bonds is 1. The number of ketones is 2. The Morgan fingerprint density at radius 3 is 2.24 bits per heavy atom. The van der Waals surface area contributed by atoms with Crippen LogP contribution in [0.2, 0.25) is 0 Å². The lowest BCUT2D eigenvalue weighted by Gasteiger charge is -2.66. The van der Waals surface area contributed by atoms with E-state index in [0.29, 0.717) is 12.8 Å². The fourth-order valence-electron chi connectivity index (χ4n) is 9.91. The van der Waals surface area contributed by atoms with Crippen molar-refractivity contribution in [1.82, 2.24) is 0 Å². The maximum Gasteiger partial charge on any atom is 0.315 e. The Morgan fingerprint density at radius 1 is 0.973 bits per heavy atom. The van der Waals surface area contributed by atoms with E-state index >= 15 is 0 Å². The second-order valence-corrected chi connectivity index (χ2v) is 14.8. The Kier molecular flexibility index (Phi) is 5.47. The van der Waals surface area contributed by atoms with Crippen LogP contribution in [0.25, 0.3) is 0 Å². The van der Waals surface area contributed by atoms with Gasteiger partial charge in [0.25, 0.3) is 0 Å². The molecule has 0 heterocycles. The summed E-state index contributed by atoms with van der Waals surface area (Å²) in [6.07, 6.45) is 7.98. The number of nitrogens with zero attached hydrogens (tertiary/aromatic N) is 1. The van der Waals surface area contributed by atoms with E-state index in [1.165, 1.54) is 7.11 Å². The van der Waals surface area contributed by atoms with E-state index in [2.05, 4.69) is 40.7 Å². The van der Waals surface area contributed by atoms with Gasteiger partial charge in [-0.3, -0.25) is 14.4 Å². The van der Waals surface area contributed by atoms with Gasteiger partial charge in [0.05, 0.1) is 18.6 Å². The Bertz CT molecular complexity index is 1210. The zero-order chi connectivity index (χ0) is 27.4. The number of hydrogen-bond acceptors (Lipinski definition) is 5. The summed E-state index contributed by atoms with van der Waals surface area (Å²) < 4.78 is 5.38. The zero-order valence-corrected chi connectivity index (χ0v) is 24.0. The molecule has 0 aromatic rings. The quantitative estimate of drug-likeness (QED) is 0.379. The summed E-state index contributed by atoms with van der Waals surface area (Å²) in [6.45, 7) is 15.3. The van der Waals surface area contributed by atoms with Crippen LogP contribution in [-0.4, -0.2) is 24.6 Å². The van der Waals surface area contributed by atoms with Gasteiger partial charge in [-0.25, -0.2) is 0 Å². The van der Waals surface area contributed by atoms with Crippen LogP contribution >= 0.6 is 0 Å². The molecular weight excluding hydrogens is 462 g/mol. The van der Waals surface area contributed by atoms with Crippen molar-refractivity contribution in [3.8, 4) is 6.07 Å². The molecule has 200 valence electrons. The number of Topliss-reactive ketones (excluding diaryl/α,β-unsaturated/α-hetero) is 1. The van der Waals surface area contributed by atoms with Crippen molar-refractivity contribution in [2.45, 2.75) is 99.8 Å². The number of esters is 1. The van der Waals surface area contributed by atoms with Gasteiger partial charge in [-0.15, -0.1) is 0 Å². The first-order chi connectivity index (χ1) is 17.0. The van der Waals surface area contributed by atoms with Gasteiger partial charge in [0.2, 0.25) is 0 Å². The summed E-state index contributed by atoms with van der Waals surface area (Å²) in [4.78, 5) is 40.9. The van der Waals surface area contributed by atoms with E-state index in [9.17, 15) is 19.6 Å². The van der Waals surface area contributed by atoms with Gasteiger partial charge in [0.15, 0.2) is 11.6 Å². The lowest BCUT2D eigenvalue weighted by Crippen LogP contribution is -2.62. The van der Waals surface area contributed by atoms with Crippen LogP contribution in [0.5, 0.6) is 0 Å². The normalized spacial score (nSPS) is 43.9. The van der Waals surface area contributed by atoms with Crippen LogP contribution in [-0.2, 0) is 19.1 Å². The van der Waals surface area contributed by atoms with E-state index in [1.54, 1.807) is 0 Å². The second-order valence-electron chi connectivity index (χ2n) is 14.8. The highest BCUT2D eigenvalue weighted by molar-refractivity contribution is 6.09. The number of hydrogen-bond donors (Lipinski definition) is 0. The van der Waals surface area contributed by atoms with Crippen LogP contribution in [0.1, 0.15) is 99.8 Å². The minimum atomic E-state index is -0.706. The van der Waals surface area contributed by atoms with Crippen LogP contribution in [0.15, 0.2) is 22.8 Å². The highest BCUT2D eigenvalue weighted by atomic mass is 16.5. The first kappa shape index (κ1) is 26.4. The Labute approximate surface area is 222 Å². The minimum Gasteiger partial charge on any atom is -0.468 e. The third kappa shape index (κ3) is 3.11. The maximum atomic E-state index is 14.3. The first-order valence-electron chi connectivity index (χ1n) is 14.1. The molecule has 6 atom stereocenters. The van der Waals surface area contributed by atoms with Crippen molar-refractivity contribution >= 4 is 17.5 Å². The van der Waals surface area contributed by atoms with Crippen LogP contribution < -0.4 is 0 Å². The largest absolute Gasteiger partial charge is 0.468 e. The molecule has 5 nitrogen and oxygen atoms in total. The summed E-state index contributed by atoms with van der Waals surface area (Å²) in [6, 6.07) is 2.30. The van der Waals surface area contributed by atoms with Gasteiger partial charge >= 0.3 is 5.97 Å². The van der Waals surface area contributed by atoms with Gasteiger partial charge in [0.1, 0.15) is 5.92 Å². The molecule has 1 unspecified atom stereocenters. The molecule has 0 spiro atoms. The fraction of sp³-hybridized carbons (Fsp3) is 0.750. The molecule has 0 aliphatic heterocycles. The van der Waals surface area contributed by atoms with Gasteiger partial charge in [0, 0.05) is 16.4 Å². The molecule has 5 rings (SSSR count). The van der Waals surface area contributed by atoms with Gasteiger partial charge < -0.3 is 4.74 Å². The molecule has 0 N–H and O–H groups in total. The average molecular weight is 506 g/mol. The number of allylic oxidation sites excluding steroid dienone is 3. The highest BCUT2D eigenvalue weighted by Gasteiger charge is 2.68. The van der Waals surface area contributed by atoms with Crippen LogP contribution in [0, 0.1) is 55.7 Å². The summed E-state index contributed by atoms with van der Waals surface area (Å²) in [5, 5.41) is 9.92. The number of nitriles is 1. The SMILES string of the molecule is COC(=O)[C@]12CCC(C)(C)CC1=C1C(=O)C=C3[C@@]4(C)CC(C#N)C(=O)C(C)(C)[C@@H]4CC[C@@]3(C)[C@]1(C)CC2. The van der Waals surface area contributed by atoms with Gasteiger partial charge in [-0.1, -0.05) is 54.0 Å². The van der Waals surface area contributed by atoms with Crippen molar-refractivity contribution in [1.29, 1.82) is 5.26 Å². The molecule has 0 saturated heterocycles. The van der Waals surface area contributed by atoms with E-state index in [1.807, 2.05) is 19.9 Å². The smallest absolute Gasteiger partial charge is 0.315 e. The fourth-order valence-corrected chi connectivity index (χ4v) is 9.91. The molecule has 5 aliphatic rings. The molecule has 37 heavy (non-hydrogen) atoms.